The molecule has 1 aromatic rings. The van der Waals surface area contributed by atoms with E-state index in [1.54, 1.807) is 6.92 Å². The van der Waals surface area contributed by atoms with E-state index >= 15 is 0 Å². The molecule has 30 heavy (non-hydrogen) atoms. The lowest BCUT2D eigenvalue weighted by Crippen LogP contribution is -2.56. The summed E-state index contributed by atoms with van der Waals surface area (Å²) in [5, 5.41) is 6.44. The van der Waals surface area contributed by atoms with Crippen LogP contribution in [0.15, 0.2) is 47.7 Å². The maximum atomic E-state index is 13.6. The third kappa shape index (κ3) is 4.86. The third-order valence-electron chi connectivity index (χ3n) is 5.97. The predicted octanol–water partition coefficient (Wildman–Crippen LogP) is 4.12. The van der Waals surface area contributed by atoms with Gasteiger partial charge in [-0.1, -0.05) is 38.1 Å². The molecule has 1 atom stereocenters. The molecule has 1 fully saturated rings. The molecule has 3 amide bonds. The number of hydrogen-bond acceptors (Lipinski definition) is 3. The number of amides is 3. The van der Waals surface area contributed by atoms with Crippen LogP contribution >= 0.6 is 0 Å². The Hall–Kier alpha value is -2.76. The van der Waals surface area contributed by atoms with Crippen LogP contribution in [0, 0.1) is 0 Å². The van der Waals surface area contributed by atoms with Gasteiger partial charge >= 0.3 is 6.03 Å². The van der Waals surface area contributed by atoms with Crippen molar-refractivity contribution in [2.75, 3.05) is 18.0 Å². The SMILES string of the molecule is CC(=O)N1CCC(N(C(=O)NC2NC=C(C)C=C2C)c2ccccc2C(C)C)CC1. The Kier molecular flexibility index (Phi) is 6.85. The Morgan fingerprint density at radius 1 is 1.17 bits per heavy atom. The molecule has 1 unspecified atom stereocenters. The van der Waals surface area contributed by atoms with Crippen LogP contribution in [0.5, 0.6) is 0 Å². The van der Waals surface area contributed by atoms with E-state index in [-0.39, 0.29) is 24.1 Å². The number of carbonyl (C=O) groups excluding carboxylic acids is 2. The summed E-state index contributed by atoms with van der Waals surface area (Å²) in [7, 11) is 0. The summed E-state index contributed by atoms with van der Waals surface area (Å²) < 4.78 is 0. The van der Waals surface area contributed by atoms with Crippen molar-refractivity contribution >= 4 is 17.6 Å². The van der Waals surface area contributed by atoms with Gasteiger partial charge in [-0.25, -0.2) is 4.79 Å². The van der Waals surface area contributed by atoms with E-state index in [4.69, 9.17) is 0 Å². The highest BCUT2D eigenvalue weighted by Crippen LogP contribution is 2.31. The lowest BCUT2D eigenvalue weighted by atomic mass is 9.97. The van der Waals surface area contributed by atoms with Crippen LogP contribution in [-0.2, 0) is 4.79 Å². The molecular formula is C24H34N4O2. The van der Waals surface area contributed by atoms with Crippen molar-refractivity contribution in [1.29, 1.82) is 0 Å². The summed E-state index contributed by atoms with van der Waals surface area (Å²) in [6.07, 6.45) is 5.32. The predicted molar refractivity (Wildman–Crippen MR) is 121 cm³/mol. The smallest absolute Gasteiger partial charge is 0.324 e. The van der Waals surface area contributed by atoms with Crippen LogP contribution < -0.4 is 15.5 Å². The highest BCUT2D eigenvalue weighted by atomic mass is 16.2. The van der Waals surface area contributed by atoms with Crippen molar-refractivity contribution in [3.8, 4) is 0 Å². The summed E-state index contributed by atoms with van der Waals surface area (Å²) in [5.74, 6) is 0.398. The lowest BCUT2D eigenvalue weighted by Gasteiger charge is -2.40. The number of piperidine rings is 1. The third-order valence-corrected chi connectivity index (χ3v) is 5.97. The molecule has 0 bridgehead atoms. The van der Waals surface area contributed by atoms with E-state index in [0.717, 1.165) is 35.2 Å². The number of para-hydroxylation sites is 1. The van der Waals surface area contributed by atoms with Gasteiger partial charge in [-0.15, -0.1) is 0 Å². The molecule has 0 radical (unpaired) electrons. The van der Waals surface area contributed by atoms with Gasteiger partial charge in [0.2, 0.25) is 5.91 Å². The fraction of sp³-hybridized carbons (Fsp3) is 0.500. The second-order valence-corrected chi connectivity index (χ2v) is 8.65. The van der Waals surface area contributed by atoms with Crippen LogP contribution in [0.3, 0.4) is 0 Å². The summed E-state index contributed by atoms with van der Waals surface area (Å²) in [6, 6.07) is 8.08. The van der Waals surface area contributed by atoms with Gasteiger partial charge in [0.1, 0.15) is 6.17 Å². The van der Waals surface area contributed by atoms with Crippen LogP contribution in [0.4, 0.5) is 10.5 Å². The van der Waals surface area contributed by atoms with Crippen molar-refractivity contribution in [1.82, 2.24) is 15.5 Å². The summed E-state index contributed by atoms with van der Waals surface area (Å²) in [6.45, 7) is 11.3. The number of anilines is 1. The number of allylic oxidation sites excluding steroid dienone is 2. The zero-order valence-corrected chi connectivity index (χ0v) is 18.7. The maximum absolute atomic E-state index is 13.6. The highest BCUT2D eigenvalue weighted by molar-refractivity contribution is 5.94. The zero-order valence-electron chi connectivity index (χ0n) is 18.7. The quantitative estimate of drug-likeness (QED) is 0.785. The van der Waals surface area contributed by atoms with Gasteiger partial charge in [-0.3, -0.25) is 9.69 Å². The van der Waals surface area contributed by atoms with E-state index in [1.165, 1.54) is 0 Å². The van der Waals surface area contributed by atoms with Crippen molar-refractivity contribution in [2.45, 2.75) is 65.6 Å². The average Bonchev–Trinajstić information content (AvgIpc) is 2.71. The summed E-state index contributed by atoms with van der Waals surface area (Å²) in [4.78, 5) is 29.1. The maximum Gasteiger partial charge on any atom is 0.324 e. The normalized spacial score (nSPS) is 19.7. The van der Waals surface area contributed by atoms with Crippen molar-refractivity contribution in [3.05, 3.63) is 53.3 Å². The fourth-order valence-corrected chi connectivity index (χ4v) is 4.28. The van der Waals surface area contributed by atoms with E-state index in [0.29, 0.717) is 19.0 Å². The molecule has 2 heterocycles. The first kappa shape index (κ1) is 21.9. The number of dihydropyridines is 1. The van der Waals surface area contributed by atoms with Gasteiger partial charge in [-0.2, -0.15) is 0 Å². The van der Waals surface area contributed by atoms with E-state index in [9.17, 15) is 9.59 Å². The molecule has 2 N–H and O–H groups in total. The molecular weight excluding hydrogens is 376 g/mol. The number of nitrogens with zero attached hydrogens (tertiary/aromatic N) is 2. The Labute approximate surface area is 180 Å². The molecule has 2 aliphatic heterocycles. The second-order valence-electron chi connectivity index (χ2n) is 8.65. The van der Waals surface area contributed by atoms with Crippen LogP contribution in [0.25, 0.3) is 0 Å². The molecule has 6 nitrogen and oxygen atoms in total. The summed E-state index contributed by atoms with van der Waals surface area (Å²) >= 11 is 0. The number of rotatable bonds is 4. The van der Waals surface area contributed by atoms with E-state index in [1.807, 2.05) is 48.0 Å². The number of hydrogen-bond donors (Lipinski definition) is 2. The minimum atomic E-state index is -0.229. The van der Waals surface area contributed by atoms with Gasteiger partial charge < -0.3 is 15.5 Å². The molecule has 0 spiro atoms. The first-order chi connectivity index (χ1) is 14.3. The molecule has 162 valence electrons. The van der Waals surface area contributed by atoms with Crippen molar-refractivity contribution in [3.63, 3.8) is 0 Å². The van der Waals surface area contributed by atoms with Gasteiger partial charge in [-0.05, 0) is 55.4 Å². The number of likely N-dealkylation sites (tertiary alicyclic amines) is 1. The molecule has 3 rings (SSSR count). The Morgan fingerprint density at radius 3 is 2.43 bits per heavy atom. The van der Waals surface area contributed by atoms with Gasteiger partial charge in [0, 0.05) is 37.9 Å². The van der Waals surface area contributed by atoms with Crippen molar-refractivity contribution < 1.29 is 9.59 Å². The molecule has 0 saturated carbocycles. The molecule has 0 aromatic heterocycles. The minimum Gasteiger partial charge on any atom is -0.368 e. The van der Waals surface area contributed by atoms with Gasteiger partial charge in [0.05, 0.1) is 0 Å². The van der Waals surface area contributed by atoms with Gasteiger partial charge in [0.15, 0.2) is 0 Å². The Morgan fingerprint density at radius 2 is 1.83 bits per heavy atom. The Bertz CT molecular complexity index is 851. The largest absolute Gasteiger partial charge is 0.368 e. The lowest BCUT2D eigenvalue weighted by molar-refractivity contribution is -0.129. The van der Waals surface area contributed by atoms with Crippen LogP contribution in [0.2, 0.25) is 0 Å². The topological polar surface area (TPSA) is 64.7 Å². The van der Waals surface area contributed by atoms with E-state index in [2.05, 4.69) is 36.6 Å². The number of nitrogens with one attached hydrogen (secondary N) is 2. The molecule has 1 saturated heterocycles. The number of benzene rings is 1. The monoisotopic (exact) mass is 410 g/mol. The number of urea groups is 1. The molecule has 1 aromatic carbocycles. The first-order valence-electron chi connectivity index (χ1n) is 10.8. The molecule has 2 aliphatic rings. The number of carbonyl (C=O) groups is 2. The van der Waals surface area contributed by atoms with Gasteiger partial charge in [0.25, 0.3) is 0 Å². The van der Waals surface area contributed by atoms with E-state index < -0.39 is 0 Å². The average molecular weight is 411 g/mol. The highest BCUT2D eigenvalue weighted by Gasteiger charge is 2.32. The first-order valence-corrected chi connectivity index (χ1v) is 10.8. The van der Waals surface area contributed by atoms with Crippen LogP contribution in [-0.4, -0.2) is 42.1 Å². The zero-order chi connectivity index (χ0) is 21.8. The Balaban J connectivity index is 1.88. The van der Waals surface area contributed by atoms with Crippen LogP contribution in [0.1, 0.15) is 58.9 Å². The minimum absolute atomic E-state index is 0.0469. The molecule has 0 aliphatic carbocycles. The second kappa shape index (κ2) is 9.37. The fourth-order valence-electron chi connectivity index (χ4n) is 4.28. The summed E-state index contributed by atoms with van der Waals surface area (Å²) in [5.41, 5.74) is 4.32. The standard InChI is InChI=1S/C24H34N4O2/c1-16(2)21-8-6-7-9-22(21)28(20-10-12-27(13-11-20)19(5)29)24(30)26-23-18(4)14-17(3)15-25-23/h6-9,14-16,20,23,25H,10-13H2,1-5H3,(H,26,30). The van der Waals surface area contributed by atoms with Crippen molar-refractivity contribution in [2.24, 2.45) is 0 Å². The molecule has 6 heteroatoms.